The van der Waals surface area contributed by atoms with Crippen LogP contribution in [0.5, 0.6) is 0 Å². The van der Waals surface area contributed by atoms with Crippen LogP contribution >= 0.6 is 0 Å². The zero-order valence-corrected chi connectivity index (χ0v) is 24.0. The molecule has 2 atom stereocenters. The van der Waals surface area contributed by atoms with Gasteiger partial charge < -0.3 is 10.6 Å². The van der Waals surface area contributed by atoms with E-state index in [1.807, 2.05) is 0 Å². The highest BCUT2D eigenvalue weighted by Crippen LogP contribution is 2.31. The Morgan fingerprint density at radius 3 is 1.05 bits per heavy atom. The number of benzene rings is 4. The predicted octanol–water partition coefficient (Wildman–Crippen LogP) is 8.64. The molecule has 0 radical (unpaired) electrons. The standard InChI is InChI=1S/C36H44N2/c1-35(2,3)31-21-17-27(18-22-31)25-37-33(29-13-9-7-10-14-29)34(30-15-11-8-12-16-30)38-26-28-19-23-32(24-20-28)36(4,5)6/h7-24,33-34,37-38H,25-26H2,1-6H3. The minimum absolute atomic E-state index is 0.106. The SMILES string of the molecule is CC(C)(C)c1ccc(CNC(c2ccccc2)C(NCc2ccc(C(C)(C)C)cc2)c2ccccc2)cc1. The summed E-state index contributed by atoms with van der Waals surface area (Å²) in [5.74, 6) is 0. The van der Waals surface area contributed by atoms with E-state index in [1.54, 1.807) is 0 Å². The number of rotatable bonds is 9. The van der Waals surface area contributed by atoms with Gasteiger partial charge in [0.25, 0.3) is 0 Å². The first-order chi connectivity index (χ1) is 18.1. The van der Waals surface area contributed by atoms with Crippen LogP contribution in [0.2, 0.25) is 0 Å². The van der Waals surface area contributed by atoms with E-state index in [4.69, 9.17) is 0 Å². The second-order valence-corrected chi connectivity index (χ2v) is 12.4. The molecule has 2 unspecified atom stereocenters. The highest BCUT2D eigenvalue weighted by atomic mass is 15.0. The molecule has 0 fully saturated rings. The van der Waals surface area contributed by atoms with Gasteiger partial charge in [0.1, 0.15) is 0 Å². The minimum Gasteiger partial charge on any atom is -0.304 e. The fraction of sp³-hybridized carbons (Fsp3) is 0.333. The lowest BCUT2D eigenvalue weighted by atomic mass is 9.86. The van der Waals surface area contributed by atoms with Crippen molar-refractivity contribution >= 4 is 0 Å². The van der Waals surface area contributed by atoms with Crippen molar-refractivity contribution in [2.45, 2.75) is 77.5 Å². The monoisotopic (exact) mass is 504 g/mol. The van der Waals surface area contributed by atoms with Gasteiger partial charge in [0, 0.05) is 13.1 Å². The second-order valence-electron chi connectivity index (χ2n) is 12.4. The van der Waals surface area contributed by atoms with Crippen LogP contribution in [0.15, 0.2) is 109 Å². The summed E-state index contributed by atoms with van der Waals surface area (Å²) < 4.78 is 0. The molecular formula is C36H44N2. The Morgan fingerprint density at radius 2 is 0.763 bits per heavy atom. The Balaban J connectivity index is 1.59. The number of nitrogens with one attached hydrogen (secondary N) is 2. The maximum absolute atomic E-state index is 3.91. The molecule has 2 heteroatoms. The van der Waals surface area contributed by atoms with Crippen molar-refractivity contribution in [3.8, 4) is 0 Å². The lowest BCUT2D eigenvalue weighted by Crippen LogP contribution is -2.35. The normalized spacial score (nSPS) is 13.7. The molecule has 0 amide bonds. The Hall–Kier alpha value is -3.20. The lowest BCUT2D eigenvalue weighted by Gasteiger charge is -2.31. The zero-order valence-electron chi connectivity index (χ0n) is 24.0. The molecular weight excluding hydrogens is 460 g/mol. The van der Waals surface area contributed by atoms with Gasteiger partial charge in [-0.2, -0.15) is 0 Å². The van der Waals surface area contributed by atoms with Crippen LogP contribution in [0.1, 0.15) is 87.0 Å². The smallest absolute Gasteiger partial charge is 0.0521 e. The largest absolute Gasteiger partial charge is 0.304 e. The van der Waals surface area contributed by atoms with E-state index in [-0.39, 0.29) is 22.9 Å². The van der Waals surface area contributed by atoms with E-state index in [0.717, 1.165) is 13.1 Å². The first kappa shape index (κ1) is 27.8. The minimum atomic E-state index is 0.106. The van der Waals surface area contributed by atoms with Crippen LogP contribution in [0.3, 0.4) is 0 Å². The van der Waals surface area contributed by atoms with Crippen molar-refractivity contribution in [1.82, 2.24) is 10.6 Å². The Morgan fingerprint density at radius 1 is 0.447 bits per heavy atom. The van der Waals surface area contributed by atoms with Gasteiger partial charge >= 0.3 is 0 Å². The summed E-state index contributed by atoms with van der Waals surface area (Å²) in [4.78, 5) is 0. The van der Waals surface area contributed by atoms with Gasteiger partial charge in [-0.05, 0) is 44.2 Å². The molecule has 0 aliphatic carbocycles. The van der Waals surface area contributed by atoms with Crippen LogP contribution < -0.4 is 10.6 Å². The first-order valence-electron chi connectivity index (χ1n) is 13.9. The average molecular weight is 505 g/mol. The summed E-state index contributed by atoms with van der Waals surface area (Å²) in [7, 11) is 0. The molecule has 38 heavy (non-hydrogen) atoms. The van der Waals surface area contributed by atoms with Crippen molar-refractivity contribution in [1.29, 1.82) is 0 Å². The van der Waals surface area contributed by atoms with Gasteiger partial charge in [0.05, 0.1) is 12.1 Å². The highest BCUT2D eigenvalue weighted by molar-refractivity contribution is 5.31. The molecule has 2 N–H and O–H groups in total. The molecule has 4 aromatic carbocycles. The molecule has 4 aromatic rings. The van der Waals surface area contributed by atoms with Crippen LogP contribution in [0.25, 0.3) is 0 Å². The maximum Gasteiger partial charge on any atom is 0.0521 e. The lowest BCUT2D eigenvalue weighted by molar-refractivity contribution is 0.381. The van der Waals surface area contributed by atoms with Crippen molar-refractivity contribution in [2.24, 2.45) is 0 Å². The van der Waals surface area contributed by atoms with Gasteiger partial charge in [-0.15, -0.1) is 0 Å². The molecule has 0 heterocycles. The average Bonchev–Trinajstić information content (AvgIpc) is 2.91. The van der Waals surface area contributed by atoms with Crippen LogP contribution in [0, 0.1) is 0 Å². The molecule has 0 spiro atoms. The summed E-state index contributed by atoms with van der Waals surface area (Å²) in [6.07, 6.45) is 0. The number of hydrogen-bond acceptors (Lipinski definition) is 2. The molecule has 0 saturated heterocycles. The molecule has 2 nitrogen and oxygen atoms in total. The first-order valence-corrected chi connectivity index (χ1v) is 13.9. The summed E-state index contributed by atoms with van der Waals surface area (Å²) >= 11 is 0. The predicted molar refractivity (Wildman–Crippen MR) is 162 cm³/mol. The van der Waals surface area contributed by atoms with Gasteiger partial charge in [0.2, 0.25) is 0 Å². The summed E-state index contributed by atoms with van der Waals surface area (Å²) in [6, 6.07) is 40.0. The Kier molecular flexibility index (Phi) is 8.87. The van der Waals surface area contributed by atoms with Crippen LogP contribution in [-0.4, -0.2) is 0 Å². The van der Waals surface area contributed by atoms with E-state index in [9.17, 15) is 0 Å². The van der Waals surface area contributed by atoms with Gasteiger partial charge in [-0.25, -0.2) is 0 Å². The summed E-state index contributed by atoms with van der Waals surface area (Å²) in [6.45, 7) is 15.2. The molecule has 198 valence electrons. The zero-order chi connectivity index (χ0) is 27.2. The van der Waals surface area contributed by atoms with Gasteiger partial charge in [-0.1, -0.05) is 151 Å². The van der Waals surface area contributed by atoms with Gasteiger partial charge in [-0.3, -0.25) is 0 Å². The van der Waals surface area contributed by atoms with E-state index in [0.29, 0.717) is 0 Å². The summed E-state index contributed by atoms with van der Waals surface area (Å²) in [5.41, 5.74) is 8.19. The van der Waals surface area contributed by atoms with E-state index in [2.05, 4.69) is 161 Å². The molecule has 0 aromatic heterocycles. The number of hydrogen-bond donors (Lipinski definition) is 2. The molecule has 0 aliphatic rings. The van der Waals surface area contributed by atoms with E-state index in [1.165, 1.54) is 33.4 Å². The Bertz CT molecular complexity index is 1140. The third-order valence-corrected chi connectivity index (χ3v) is 7.34. The molecule has 0 bridgehead atoms. The van der Waals surface area contributed by atoms with Crippen molar-refractivity contribution in [3.05, 3.63) is 143 Å². The van der Waals surface area contributed by atoms with Crippen LogP contribution in [0.4, 0.5) is 0 Å². The van der Waals surface area contributed by atoms with E-state index >= 15 is 0 Å². The van der Waals surface area contributed by atoms with Crippen molar-refractivity contribution < 1.29 is 0 Å². The van der Waals surface area contributed by atoms with Crippen molar-refractivity contribution in [3.63, 3.8) is 0 Å². The molecule has 4 rings (SSSR count). The van der Waals surface area contributed by atoms with Gasteiger partial charge in [0.15, 0.2) is 0 Å². The molecule has 0 saturated carbocycles. The maximum atomic E-state index is 3.91. The van der Waals surface area contributed by atoms with Crippen LogP contribution in [-0.2, 0) is 23.9 Å². The summed E-state index contributed by atoms with van der Waals surface area (Å²) in [5, 5.41) is 7.82. The molecule has 0 aliphatic heterocycles. The topological polar surface area (TPSA) is 24.1 Å². The quantitative estimate of drug-likeness (QED) is 0.238. The van der Waals surface area contributed by atoms with E-state index < -0.39 is 0 Å². The van der Waals surface area contributed by atoms with Crippen molar-refractivity contribution in [2.75, 3.05) is 0 Å². The highest BCUT2D eigenvalue weighted by Gasteiger charge is 2.24. The third-order valence-electron chi connectivity index (χ3n) is 7.34. The fourth-order valence-electron chi connectivity index (χ4n) is 4.88. The third kappa shape index (κ3) is 7.43. The second kappa shape index (κ2) is 12.1. The Labute approximate surface area is 230 Å². The fourth-order valence-corrected chi connectivity index (χ4v) is 4.88.